The Morgan fingerprint density at radius 3 is 2.57 bits per heavy atom. The van der Waals surface area contributed by atoms with Gasteiger partial charge in [-0.3, -0.25) is 4.79 Å². The molecule has 3 N–H and O–H groups in total. The van der Waals surface area contributed by atoms with E-state index in [1.807, 2.05) is 4.57 Å². The van der Waals surface area contributed by atoms with Crippen molar-refractivity contribution in [2.24, 2.45) is 29.4 Å². The lowest BCUT2D eigenvalue weighted by Crippen LogP contribution is -2.49. The average Bonchev–Trinajstić information content (AvgIpc) is 2.93. The van der Waals surface area contributed by atoms with Gasteiger partial charge in [0.2, 0.25) is 0 Å². The monoisotopic (exact) mass is 319 g/mol. The molecule has 0 amide bonds. The molecule has 5 rings (SSSR count). The number of rotatable bonds is 6. The number of aliphatic carboxylic acids is 1. The highest BCUT2D eigenvalue weighted by molar-refractivity contribution is 5.73. The molecule has 0 saturated heterocycles. The Morgan fingerprint density at radius 1 is 1.30 bits per heavy atom. The van der Waals surface area contributed by atoms with Crippen LogP contribution < -0.4 is 5.73 Å². The van der Waals surface area contributed by atoms with Crippen molar-refractivity contribution >= 4 is 5.97 Å². The summed E-state index contributed by atoms with van der Waals surface area (Å²) in [6.07, 6.45) is 10.8. The highest BCUT2D eigenvalue weighted by atomic mass is 16.5. The van der Waals surface area contributed by atoms with Crippen LogP contribution in [0.1, 0.15) is 37.8 Å². The number of imidazole rings is 1. The number of carboxylic acids is 1. The van der Waals surface area contributed by atoms with Gasteiger partial charge in [-0.2, -0.15) is 0 Å². The van der Waals surface area contributed by atoms with Gasteiger partial charge in [-0.1, -0.05) is 0 Å². The Hall–Kier alpha value is -1.40. The quantitative estimate of drug-likeness (QED) is 0.832. The summed E-state index contributed by atoms with van der Waals surface area (Å²) in [4.78, 5) is 15.0. The van der Waals surface area contributed by atoms with E-state index in [2.05, 4.69) is 4.98 Å². The Labute approximate surface area is 136 Å². The van der Waals surface area contributed by atoms with Crippen molar-refractivity contribution in [3.8, 4) is 0 Å². The van der Waals surface area contributed by atoms with Crippen LogP contribution in [-0.2, 0) is 22.7 Å². The minimum Gasteiger partial charge on any atom is -0.480 e. The summed E-state index contributed by atoms with van der Waals surface area (Å²) < 4.78 is 8.18. The van der Waals surface area contributed by atoms with Crippen LogP contribution in [0, 0.1) is 23.7 Å². The molecule has 0 aromatic carbocycles. The molecule has 0 radical (unpaired) electrons. The topological polar surface area (TPSA) is 90.4 Å². The molecule has 4 aliphatic rings. The number of aromatic nitrogens is 2. The van der Waals surface area contributed by atoms with Crippen LogP contribution in [0.2, 0.25) is 0 Å². The second-order valence-electron chi connectivity index (χ2n) is 7.69. The predicted octanol–water partition coefficient (Wildman–Crippen LogP) is 1.64. The molecule has 0 unspecified atom stereocenters. The molecule has 6 nitrogen and oxygen atoms in total. The smallest absolute Gasteiger partial charge is 0.320 e. The van der Waals surface area contributed by atoms with Crippen molar-refractivity contribution in [2.75, 3.05) is 0 Å². The fraction of sp³-hybridized carbons (Fsp3) is 0.765. The summed E-state index contributed by atoms with van der Waals surface area (Å²) in [5.41, 5.74) is 6.45. The third-order valence-corrected chi connectivity index (χ3v) is 6.09. The van der Waals surface area contributed by atoms with Crippen molar-refractivity contribution in [3.63, 3.8) is 0 Å². The summed E-state index contributed by atoms with van der Waals surface area (Å²) in [5.74, 6) is 2.34. The van der Waals surface area contributed by atoms with E-state index in [-0.39, 0.29) is 6.42 Å². The maximum Gasteiger partial charge on any atom is 0.320 e. The minimum absolute atomic E-state index is 0.278. The normalized spacial score (nSPS) is 36.3. The first-order valence-electron chi connectivity index (χ1n) is 8.69. The first kappa shape index (κ1) is 15.1. The van der Waals surface area contributed by atoms with Gasteiger partial charge in [0.15, 0.2) is 0 Å². The van der Waals surface area contributed by atoms with E-state index in [1.165, 1.54) is 32.1 Å². The van der Waals surface area contributed by atoms with Crippen molar-refractivity contribution in [1.82, 2.24) is 9.55 Å². The van der Waals surface area contributed by atoms with Gasteiger partial charge in [-0.25, -0.2) is 4.98 Å². The summed E-state index contributed by atoms with van der Waals surface area (Å²) >= 11 is 0. The number of hydrogen-bond donors (Lipinski definition) is 2. The molecule has 1 atom stereocenters. The first-order chi connectivity index (χ1) is 11.1. The molecular formula is C17H25N3O3. The van der Waals surface area contributed by atoms with Gasteiger partial charge >= 0.3 is 5.97 Å². The van der Waals surface area contributed by atoms with E-state index >= 15 is 0 Å². The van der Waals surface area contributed by atoms with Crippen molar-refractivity contribution in [1.29, 1.82) is 0 Å². The van der Waals surface area contributed by atoms with Gasteiger partial charge in [0.25, 0.3) is 0 Å². The fourth-order valence-corrected chi connectivity index (χ4v) is 5.26. The van der Waals surface area contributed by atoms with E-state index < -0.39 is 12.0 Å². The van der Waals surface area contributed by atoms with Crippen LogP contribution >= 0.6 is 0 Å². The van der Waals surface area contributed by atoms with Gasteiger partial charge in [0.1, 0.15) is 12.8 Å². The Balaban J connectivity index is 1.38. The molecule has 1 aromatic heterocycles. The first-order valence-corrected chi connectivity index (χ1v) is 8.69. The van der Waals surface area contributed by atoms with Gasteiger partial charge in [0.05, 0.1) is 12.4 Å². The highest BCUT2D eigenvalue weighted by Crippen LogP contribution is 2.54. The number of hydrogen-bond acceptors (Lipinski definition) is 4. The van der Waals surface area contributed by atoms with Crippen molar-refractivity contribution in [3.05, 3.63) is 18.2 Å². The van der Waals surface area contributed by atoms with Gasteiger partial charge in [-0.15, -0.1) is 0 Å². The summed E-state index contributed by atoms with van der Waals surface area (Å²) in [5, 5.41) is 8.96. The molecule has 6 heteroatoms. The number of carboxylic acid groups (broad SMARTS) is 1. The van der Waals surface area contributed by atoms with Crippen LogP contribution in [0.15, 0.2) is 12.5 Å². The zero-order chi connectivity index (χ0) is 16.0. The lowest BCUT2D eigenvalue weighted by Gasteiger charge is -2.53. The van der Waals surface area contributed by atoms with Crippen LogP contribution in [-0.4, -0.2) is 32.8 Å². The molecule has 23 heavy (non-hydrogen) atoms. The Morgan fingerprint density at radius 2 is 1.96 bits per heavy atom. The van der Waals surface area contributed by atoms with Crippen LogP contribution in [0.25, 0.3) is 0 Å². The minimum atomic E-state index is -0.986. The number of carbonyl (C=O) groups is 1. The van der Waals surface area contributed by atoms with E-state index in [0.29, 0.717) is 12.8 Å². The van der Waals surface area contributed by atoms with Crippen molar-refractivity contribution < 1.29 is 14.6 Å². The van der Waals surface area contributed by atoms with Crippen LogP contribution in [0.4, 0.5) is 0 Å². The Bertz CT molecular complexity index is 557. The maximum atomic E-state index is 10.9. The summed E-state index contributed by atoms with van der Waals surface area (Å²) in [6.45, 7) is 0.453. The van der Waals surface area contributed by atoms with Gasteiger partial charge < -0.3 is 20.1 Å². The zero-order valence-electron chi connectivity index (χ0n) is 13.3. The van der Waals surface area contributed by atoms with E-state index in [1.54, 1.807) is 12.5 Å². The second-order valence-corrected chi connectivity index (χ2v) is 7.69. The highest BCUT2D eigenvalue weighted by Gasteiger charge is 2.48. The van der Waals surface area contributed by atoms with E-state index in [4.69, 9.17) is 15.6 Å². The molecule has 0 aliphatic heterocycles. The molecule has 4 saturated carbocycles. The molecular weight excluding hydrogens is 294 g/mol. The van der Waals surface area contributed by atoms with E-state index in [9.17, 15) is 4.79 Å². The summed E-state index contributed by atoms with van der Waals surface area (Å²) in [6, 6.07) is -0.897. The Kier molecular flexibility index (Phi) is 3.89. The fourth-order valence-electron chi connectivity index (χ4n) is 5.26. The number of nitrogens with zero attached hydrogens (tertiary/aromatic N) is 2. The zero-order valence-corrected chi connectivity index (χ0v) is 13.3. The molecule has 4 bridgehead atoms. The molecule has 1 aromatic rings. The molecule has 4 fully saturated rings. The number of ether oxygens (including phenoxy) is 1. The number of nitrogens with two attached hydrogens (primary N) is 1. The standard InChI is InChI=1S/C17H25N3O3/c18-15(17(21)22)6-14-7-19-8-20(14)9-23-16-12-2-10-1-11(4-12)5-13(16)3-10/h7-8,10-13,15-16H,1-6,9,18H2,(H,21,22)/t10?,11?,12?,13?,15-,16?/m0/s1. The van der Waals surface area contributed by atoms with Gasteiger partial charge in [0, 0.05) is 18.3 Å². The summed E-state index contributed by atoms with van der Waals surface area (Å²) in [7, 11) is 0. The van der Waals surface area contributed by atoms with Crippen LogP contribution in [0.5, 0.6) is 0 Å². The maximum absolute atomic E-state index is 10.9. The third-order valence-electron chi connectivity index (χ3n) is 6.09. The van der Waals surface area contributed by atoms with E-state index in [0.717, 1.165) is 29.4 Å². The molecule has 126 valence electrons. The second kappa shape index (κ2) is 5.91. The van der Waals surface area contributed by atoms with Gasteiger partial charge in [-0.05, 0) is 55.8 Å². The third kappa shape index (κ3) is 2.90. The average molecular weight is 319 g/mol. The lowest BCUT2D eigenvalue weighted by atomic mass is 9.55. The molecule has 1 heterocycles. The largest absolute Gasteiger partial charge is 0.480 e. The lowest BCUT2D eigenvalue weighted by molar-refractivity contribution is -0.144. The SMILES string of the molecule is N[C@@H](Cc1cncn1COC1C2CC3CC(C2)CC1C3)C(=O)O. The molecule has 0 spiro atoms. The van der Waals surface area contributed by atoms with Crippen LogP contribution in [0.3, 0.4) is 0 Å². The predicted molar refractivity (Wildman–Crippen MR) is 83.5 cm³/mol. The van der Waals surface area contributed by atoms with Crippen molar-refractivity contribution in [2.45, 2.75) is 57.4 Å². The molecule has 4 aliphatic carbocycles.